The van der Waals surface area contributed by atoms with Crippen molar-refractivity contribution in [1.29, 1.82) is 0 Å². The van der Waals surface area contributed by atoms with E-state index in [1.165, 1.54) is 0 Å². The lowest BCUT2D eigenvalue weighted by atomic mass is 10.0. The van der Waals surface area contributed by atoms with Gasteiger partial charge in [0.05, 0.1) is 18.5 Å². The van der Waals surface area contributed by atoms with Crippen molar-refractivity contribution in [3.63, 3.8) is 0 Å². The fourth-order valence-electron chi connectivity index (χ4n) is 2.34. The normalized spacial score (nSPS) is 25.1. The Kier molecular flexibility index (Phi) is 3.66. The molecule has 0 aromatic carbocycles. The summed E-state index contributed by atoms with van der Waals surface area (Å²) in [6, 6.07) is 4.07. The van der Waals surface area contributed by atoms with Crippen molar-refractivity contribution >= 4 is 17.4 Å². The average molecular weight is 241 g/mol. The van der Waals surface area contributed by atoms with E-state index < -0.39 is 0 Å². The van der Waals surface area contributed by atoms with Gasteiger partial charge in [0.25, 0.3) is 0 Å². The first-order chi connectivity index (χ1) is 7.77. The first kappa shape index (κ1) is 11.7. The highest BCUT2D eigenvalue weighted by Gasteiger charge is 2.32. The van der Waals surface area contributed by atoms with Crippen LogP contribution in [-0.4, -0.2) is 29.3 Å². The fourth-order valence-corrected chi connectivity index (χ4v) is 2.55. The summed E-state index contributed by atoms with van der Waals surface area (Å²) in [5.41, 5.74) is 1.04. The Morgan fingerprint density at radius 3 is 3.12 bits per heavy atom. The number of hydrogen-bond acceptors (Lipinski definition) is 3. The number of alkyl halides is 1. The smallest absolute Gasteiger partial charge is 0.133 e. The molecule has 1 fully saturated rings. The first-order valence-corrected chi connectivity index (χ1v) is 6.18. The molecule has 1 aliphatic rings. The van der Waals surface area contributed by atoms with Gasteiger partial charge in [-0.25, -0.2) is 4.98 Å². The highest BCUT2D eigenvalue weighted by Crippen LogP contribution is 2.30. The summed E-state index contributed by atoms with van der Waals surface area (Å²) < 4.78 is 0. The molecule has 0 spiro atoms. The van der Waals surface area contributed by atoms with Crippen molar-refractivity contribution in [2.75, 3.05) is 18.1 Å². The Bertz CT molecular complexity index is 359. The van der Waals surface area contributed by atoms with E-state index >= 15 is 0 Å². The van der Waals surface area contributed by atoms with E-state index in [1.54, 1.807) is 6.20 Å². The zero-order chi connectivity index (χ0) is 11.5. The van der Waals surface area contributed by atoms with Gasteiger partial charge in [-0.15, -0.1) is 11.6 Å². The molecule has 16 heavy (non-hydrogen) atoms. The maximum Gasteiger partial charge on any atom is 0.133 e. The Morgan fingerprint density at radius 2 is 2.44 bits per heavy atom. The van der Waals surface area contributed by atoms with E-state index in [2.05, 4.69) is 16.8 Å². The SMILES string of the molecule is CC1CCN(c2ncccc2CCl)C1CO. The number of aromatic nitrogens is 1. The van der Waals surface area contributed by atoms with Gasteiger partial charge in [0, 0.05) is 18.3 Å². The maximum atomic E-state index is 9.43. The molecule has 1 aliphatic heterocycles. The maximum absolute atomic E-state index is 9.43. The van der Waals surface area contributed by atoms with Crippen LogP contribution in [-0.2, 0) is 5.88 Å². The number of aliphatic hydroxyl groups is 1. The van der Waals surface area contributed by atoms with Crippen LogP contribution in [0.3, 0.4) is 0 Å². The van der Waals surface area contributed by atoms with E-state index in [1.807, 2.05) is 12.1 Å². The Labute approximate surface area is 101 Å². The molecular weight excluding hydrogens is 224 g/mol. The van der Waals surface area contributed by atoms with Gasteiger partial charge in [0.1, 0.15) is 5.82 Å². The number of pyridine rings is 1. The van der Waals surface area contributed by atoms with Gasteiger partial charge in [-0.1, -0.05) is 13.0 Å². The van der Waals surface area contributed by atoms with Crippen molar-refractivity contribution in [3.8, 4) is 0 Å². The minimum atomic E-state index is 0.178. The fraction of sp³-hybridized carbons (Fsp3) is 0.583. The lowest BCUT2D eigenvalue weighted by molar-refractivity contribution is 0.244. The average Bonchev–Trinajstić information content (AvgIpc) is 2.70. The molecule has 1 N–H and O–H groups in total. The second kappa shape index (κ2) is 5.02. The molecule has 0 amide bonds. The van der Waals surface area contributed by atoms with E-state index in [0.29, 0.717) is 11.8 Å². The van der Waals surface area contributed by atoms with Gasteiger partial charge in [0.2, 0.25) is 0 Å². The predicted octanol–water partition coefficient (Wildman–Crippen LogP) is 2.03. The molecular formula is C12H17ClN2O. The van der Waals surface area contributed by atoms with Gasteiger partial charge in [-0.3, -0.25) is 0 Å². The molecule has 2 rings (SSSR count). The van der Waals surface area contributed by atoms with E-state index in [9.17, 15) is 5.11 Å². The molecule has 0 bridgehead atoms. The molecule has 1 saturated heterocycles. The zero-order valence-electron chi connectivity index (χ0n) is 9.43. The van der Waals surface area contributed by atoms with Gasteiger partial charge in [-0.2, -0.15) is 0 Å². The summed E-state index contributed by atoms with van der Waals surface area (Å²) in [6.07, 6.45) is 2.88. The largest absolute Gasteiger partial charge is 0.394 e. The topological polar surface area (TPSA) is 36.4 Å². The number of halogens is 1. The van der Waals surface area contributed by atoms with Crippen LogP contribution < -0.4 is 4.90 Å². The first-order valence-electron chi connectivity index (χ1n) is 5.65. The van der Waals surface area contributed by atoms with E-state index in [4.69, 9.17) is 11.6 Å². The highest BCUT2D eigenvalue weighted by molar-refractivity contribution is 6.17. The van der Waals surface area contributed by atoms with Gasteiger partial charge in [-0.05, 0) is 18.4 Å². The quantitative estimate of drug-likeness (QED) is 0.822. The molecule has 2 heterocycles. The van der Waals surface area contributed by atoms with Crippen LogP contribution in [0.1, 0.15) is 18.9 Å². The molecule has 1 aromatic heterocycles. The highest BCUT2D eigenvalue weighted by atomic mass is 35.5. The third-order valence-electron chi connectivity index (χ3n) is 3.35. The van der Waals surface area contributed by atoms with Crippen molar-refractivity contribution in [3.05, 3.63) is 23.9 Å². The second-order valence-electron chi connectivity index (χ2n) is 4.33. The number of anilines is 1. The van der Waals surface area contributed by atoms with Crippen LogP contribution in [0.15, 0.2) is 18.3 Å². The number of nitrogens with zero attached hydrogens (tertiary/aromatic N) is 2. The summed E-state index contributed by atoms with van der Waals surface area (Å²) in [4.78, 5) is 6.58. The van der Waals surface area contributed by atoms with E-state index in [0.717, 1.165) is 24.3 Å². The third-order valence-corrected chi connectivity index (χ3v) is 3.64. The predicted molar refractivity (Wildman–Crippen MR) is 65.8 cm³/mol. The van der Waals surface area contributed by atoms with Crippen LogP contribution in [0.4, 0.5) is 5.82 Å². The van der Waals surface area contributed by atoms with E-state index in [-0.39, 0.29) is 12.6 Å². The summed E-state index contributed by atoms with van der Waals surface area (Å²) >= 11 is 5.91. The zero-order valence-corrected chi connectivity index (χ0v) is 10.2. The number of rotatable bonds is 3. The number of hydrogen-bond donors (Lipinski definition) is 1. The van der Waals surface area contributed by atoms with Crippen LogP contribution >= 0.6 is 11.6 Å². The summed E-state index contributed by atoms with van der Waals surface area (Å²) in [5.74, 6) is 1.91. The van der Waals surface area contributed by atoms with Crippen molar-refractivity contribution in [1.82, 2.24) is 4.98 Å². The molecule has 0 saturated carbocycles. The molecule has 3 nitrogen and oxygen atoms in total. The van der Waals surface area contributed by atoms with Crippen LogP contribution in [0.2, 0.25) is 0 Å². The number of aliphatic hydroxyl groups excluding tert-OH is 1. The molecule has 1 aromatic rings. The molecule has 2 unspecified atom stereocenters. The lowest BCUT2D eigenvalue weighted by Crippen LogP contribution is -2.36. The van der Waals surface area contributed by atoms with Crippen LogP contribution in [0, 0.1) is 5.92 Å². The third kappa shape index (κ3) is 2.02. The van der Waals surface area contributed by atoms with Crippen molar-refractivity contribution < 1.29 is 5.11 Å². The molecule has 2 atom stereocenters. The van der Waals surface area contributed by atoms with Crippen LogP contribution in [0.5, 0.6) is 0 Å². The summed E-state index contributed by atoms with van der Waals surface area (Å²) in [6.45, 7) is 3.30. The monoisotopic (exact) mass is 240 g/mol. The molecule has 0 aliphatic carbocycles. The standard InChI is InChI=1S/C12H17ClN2O/c1-9-4-6-15(11(9)8-16)12-10(7-13)3-2-5-14-12/h2-3,5,9,11,16H,4,6-8H2,1H3. The summed E-state index contributed by atoms with van der Waals surface area (Å²) in [7, 11) is 0. The van der Waals surface area contributed by atoms with Gasteiger partial charge < -0.3 is 10.0 Å². The molecule has 0 radical (unpaired) electrons. The Morgan fingerprint density at radius 1 is 1.62 bits per heavy atom. The Balaban J connectivity index is 2.29. The van der Waals surface area contributed by atoms with Gasteiger partial charge >= 0.3 is 0 Å². The van der Waals surface area contributed by atoms with Crippen LogP contribution in [0.25, 0.3) is 0 Å². The minimum absolute atomic E-state index is 0.178. The molecule has 88 valence electrons. The minimum Gasteiger partial charge on any atom is -0.394 e. The Hall–Kier alpha value is -0.800. The van der Waals surface area contributed by atoms with Gasteiger partial charge in [0.15, 0.2) is 0 Å². The second-order valence-corrected chi connectivity index (χ2v) is 4.60. The lowest BCUT2D eigenvalue weighted by Gasteiger charge is -2.27. The van der Waals surface area contributed by atoms with Crippen molar-refractivity contribution in [2.24, 2.45) is 5.92 Å². The van der Waals surface area contributed by atoms with Crippen molar-refractivity contribution in [2.45, 2.75) is 25.3 Å². The summed E-state index contributed by atoms with van der Waals surface area (Å²) in [5, 5.41) is 9.43. The molecule has 4 heteroatoms.